The Hall–Kier alpha value is -3.45. The van der Waals surface area contributed by atoms with E-state index in [-0.39, 0.29) is 12.0 Å². The molecule has 1 atom stereocenters. The SMILES string of the molecule is COc1ccccc1CN(CC1CCCO1)C(=O)CCc1c(C)nc2c3ccccc3nn2c1C. The molecule has 0 N–H and O–H groups in total. The number of fused-ring (bicyclic) bond motifs is 3. The van der Waals surface area contributed by atoms with Gasteiger partial charge in [0.05, 0.1) is 18.7 Å². The van der Waals surface area contributed by atoms with Crippen LogP contribution < -0.4 is 4.74 Å². The molecule has 0 radical (unpaired) electrons. The molecule has 182 valence electrons. The van der Waals surface area contributed by atoms with E-state index in [2.05, 4.69) is 6.92 Å². The molecule has 1 fully saturated rings. The molecule has 1 amide bonds. The lowest BCUT2D eigenvalue weighted by atomic mass is 10.1. The topological polar surface area (TPSA) is 69.0 Å². The normalized spacial score (nSPS) is 15.7. The summed E-state index contributed by atoms with van der Waals surface area (Å²) in [6.07, 6.45) is 3.14. The van der Waals surface area contributed by atoms with Crippen molar-refractivity contribution in [3.8, 4) is 5.75 Å². The summed E-state index contributed by atoms with van der Waals surface area (Å²) in [7, 11) is 1.67. The number of carbonyl (C=O) groups is 1. The Kier molecular flexibility index (Phi) is 6.68. The largest absolute Gasteiger partial charge is 0.496 e. The Morgan fingerprint density at radius 2 is 1.97 bits per heavy atom. The van der Waals surface area contributed by atoms with Crippen molar-refractivity contribution in [1.82, 2.24) is 19.5 Å². The Bertz CT molecular complexity index is 1360. The van der Waals surface area contributed by atoms with Crippen molar-refractivity contribution in [1.29, 1.82) is 0 Å². The number of aryl methyl sites for hydroxylation is 2. The number of amides is 1. The fourth-order valence-corrected chi connectivity index (χ4v) is 5.06. The van der Waals surface area contributed by atoms with E-state index >= 15 is 0 Å². The lowest BCUT2D eigenvalue weighted by Gasteiger charge is -2.26. The second kappa shape index (κ2) is 10.0. The van der Waals surface area contributed by atoms with Crippen molar-refractivity contribution in [3.05, 3.63) is 71.0 Å². The van der Waals surface area contributed by atoms with E-state index in [1.807, 2.05) is 64.9 Å². The molecule has 5 rings (SSSR count). The first kappa shape index (κ1) is 23.3. The summed E-state index contributed by atoms with van der Waals surface area (Å²) in [5.41, 5.74) is 5.85. The van der Waals surface area contributed by atoms with Gasteiger partial charge >= 0.3 is 0 Å². The molecule has 0 saturated carbocycles. The van der Waals surface area contributed by atoms with Crippen LogP contribution in [-0.2, 0) is 22.5 Å². The molecule has 1 saturated heterocycles. The number of methoxy groups -OCH3 is 1. The van der Waals surface area contributed by atoms with Crippen molar-refractivity contribution in [3.63, 3.8) is 0 Å². The van der Waals surface area contributed by atoms with Crippen LogP contribution >= 0.6 is 0 Å². The smallest absolute Gasteiger partial charge is 0.223 e. The molecular formula is C28H32N4O3. The van der Waals surface area contributed by atoms with Gasteiger partial charge in [0.15, 0.2) is 5.65 Å². The van der Waals surface area contributed by atoms with Gasteiger partial charge in [-0.25, -0.2) is 9.50 Å². The third-order valence-corrected chi connectivity index (χ3v) is 6.96. The van der Waals surface area contributed by atoms with Crippen molar-refractivity contribution in [2.45, 2.75) is 52.2 Å². The Morgan fingerprint density at radius 1 is 1.17 bits per heavy atom. The first-order valence-electron chi connectivity index (χ1n) is 12.3. The van der Waals surface area contributed by atoms with Gasteiger partial charge in [0.2, 0.25) is 5.91 Å². The second-order valence-corrected chi connectivity index (χ2v) is 9.23. The fraction of sp³-hybridized carbons (Fsp3) is 0.393. The molecule has 7 nitrogen and oxygen atoms in total. The molecule has 1 aliphatic rings. The van der Waals surface area contributed by atoms with Crippen molar-refractivity contribution < 1.29 is 14.3 Å². The van der Waals surface area contributed by atoms with Gasteiger partial charge in [-0.15, -0.1) is 0 Å². The fourth-order valence-electron chi connectivity index (χ4n) is 5.06. The highest BCUT2D eigenvalue weighted by Gasteiger charge is 2.24. The Morgan fingerprint density at radius 3 is 2.77 bits per heavy atom. The summed E-state index contributed by atoms with van der Waals surface area (Å²) in [6, 6.07) is 15.9. The van der Waals surface area contributed by atoms with Gasteiger partial charge in [-0.1, -0.05) is 30.3 Å². The molecule has 1 aliphatic heterocycles. The number of aromatic nitrogens is 3. The van der Waals surface area contributed by atoms with Gasteiger partial charge in [0.1, 0.15) is 5.75 Å². The molecule has 7 heteroatoms. The third-order valence-electron chi connectivity index (χ3n) is 6.96. The summed E-state index contributed by atoms with van der Waals surface area (Å²) >= 11 is 0. The Labute approximate surface area is 205 Å². The number of ether oxygens (including phenoxy) is 2. The zero-order chi connectivity index (χ0) is 24.4. The maximum Gasteiger partial charge on any atom is 0.223 e. The highest BCUT2D eigenvalue weighted by molar-refractivity contribution is 5.92. The molecule has 0 aliphatic carbocycles. The van der Waals surface area contributed by atoms with Crippen LogP contribution in [0, 0.1) is 13.8 Å². The number of hydrogen-bond acceptors (Lipinski definition) is 5. The van der Waals surface area contributed by atoms with Gasteiger partial charge in [-0.05, 0) is 56.9 Å². The number of rotatable bonds is 8. The maximum absolute atomic E-state index is 13.5. The number of hydrogen-bond donors (Lipinski definition) is 0. The van der Waals surface area contributed by atoms with Crippen LogP contribution in [-0.4, -0.2) is 51.8 Å². The van der Waals surface area contributed by atoms with E-state index in [1.165, 1.54) is 0 Å². The predicted octanol–water partition coefficient (Wildman–Crippen LogP) is 4.65. The zero-order valence-corrected chi connectivity index (χ0v) is 20.7. The van der Waals surface area contributed by atoms with Crippen LogP contribution in [0.2, 0.25) is 0 Å². The maximum atomic E-state index is 13.5. The summed E-state index contributed by atoms with van der Waals surface area (Å²) in [4.78, 5) is 20.3. The molecule has 1 unspecified atom stereocenters. The quantitative estimate of drug-likeness (QED) is 0.373. The minimum absolute atomic E-state index is 0.0895. The molecule has 2 aromatic heterocycles. The summed E-state index contributed by atoms with van der Waals surface area (Å²) in [5, 5.41) is 5.79. The van der Waals surface area contributed by atoms with Gasteiger partial charge < -0.3 is 14.4 Å². The minimum atomic E-state index is 0.0895. The first-order valence-corrected chi connectivity index (χ1v) is 12.3. The Balaban J connectivity index is 1.38. The standard InChI is InChI=1S/C28H32N4O3/c1-19-23(20(2)32-28(29-19)24-11-5-6-12-25(24)30-32)14-15-27(33)31(18-22-10-8-16-35-22)17-21-9-4-7-13-26(21)34-3/h4-7,9,11-13,22H,8,10,14-18H2,1-3H3. The van der Waals surface area contributed by atoms with Gasteiger partial charge in [-0.2, -0.15) is 5.10 Å². The van der Waals surface area contributed by atoms with E-state index in [0.29, 0.717) is 25.9 Å². The predicted molar refractivity (Wildman–Crippen MR) is 136 cm³/mol. The van der Waals surface area contributed by atoms with Crippen LogP contribution in [0.3, 0.4) is 0 Å². The minimum Gasteiger partial charge on any atom is -0.496 e. The molecule has 0 spiro atoms. The molecule has 35 heavy (non-hydrogen) atoms. The summed E-state index contributed by atoms with van der Waals surface area (Å²) in [6.45, 7) is 5.95. The highest BCUT2D eigenvalue weighted by Crippen LogP contribution is 2.25. The molecular weight excluding hydrogens is 440 g/mol. The van der Waals surface area contributed by atoms with Crippen LogP contribution in [0.1, 0.15) is 41.8 Å². The molecule has 3 heterocycles. The van der Waals surface area contributed by atoms with E-state index < -0.39 is 0 Å². The first-order chi connectivity index (χ1) is 17.0. The second-order valence-electron chi connectivity index (χ2n) is 9.23. The molecule has 0 bridgehead atoms. The van der Waals surface area contributed by atoms with Crippen molar-refractivity contribution in [2.75, 3.05) is 20.3 Å². The monoisotopic (exact) mass is 472 g/mol. The van der Waals surface area contributed by atoms with E-state index in [0.717, 1.165) is 64.3 Å². The number of benzene rings is 2. The summed E-state index contributed by atoms with van der Waals surface area (Å²) < 4.78 is 13.3. The average Bonchev–Trinajstić information content (AvgIpc) is 3.52. The van der Waals surface area contributed by atoms with E-state index in [9.17, 15) is 4.79 Å². The van der Waals surface area contributed by atoms with Crippen molar-refractivity contribution >= 4 is 22.5 Å². The van der Waals surface area contributed by atoms with Gasteiger partial charge in [-0.3, -0.25) is 4.79 Å². The number of para-hydroxylation sites is 1. The number of nitrogens with zero attached hydrogens (tertiary/aromatic N) is 4. The lowest BCUT2D eigenvalue weighted by molar-refractivity contribution is -0.133. The molecule has 2 aromatic carbocycles. The van der Waals surface area contributed by atoms with Crippen molar-refractivity contribution in [2.24, 2.45) is 0 Å². The van der Waals surface area contributed by atoms with Crippen LogP contribution in [0.25, 0.3) is 16.6 Å². The van der Waals surface area contributed by atoms with Crippen LogP contribution in [0.4, 0.5) is 0 Å². The third kappa shape index (κ3) is 4.73. The van der Waals surface area contributed by atoms with Gasteiger partial charge in [0.25, 0.3) is 0 Å². The molecule has 4 aromatic rings. The summed E-state index contributed by atoms with van der Waals surface area (Å²) in [5.74, 6) is 0.903. The van der Waals surface area contributed by atoms with E-state index in [4.69, 9.17) is 19.6 Å². The zero-order valence-electron chi connectivity index (χ0n) is 20.7. The average molecular weight is 473 g/mol. The lowest BCUT2D eigenvalue weighted by Crippen LogP contribution is -2.37. The number of carbonyl (C=O) groups excluding carboxylic acids is 1. The van der Waals surface area contributed by atoms with Crippen LogP contribution in [0.15, 0.2) is 48.5 Å². The highest BCUT2D eigenvalue weighted by atomic mass is 16.5. The van der Waals surface area contributed by atoms with E-state index in [1.54, 1.807) is 7.11 Å². The van der Waals surface area contributed by atoms with Crippen LogP contribution in [0.5, 0.6) is 5.75 Å². The van der Waals surface area contributed by atoms with Gasteiger partial charge in [0, 0.05) is 48.5 Å².